The standard InChI is InChI=1S/C29H32N2O5S2/c1-27(2,3)21-10-15-24(26(32)30-29-17-28(18-29,19-29)20-8-6-5-7-9-20)25(16-21)31-38(35,36)23-13-11-22(12-14-23)37(4,33)34/h5-16,31H,17-19H2,1-4H3,(H,30,32). The van der Waals surface area contributed by atoms with E-state index in [0.29, 0.717) is 0 Å². The molecule has 3 aromatic rings. The monoisotopic (exact) mass is 552 g/mol. The summed E-state index contributed by atoms with van der Waals surface area (Å²) in [6, 6.07) is 20.5. The smallest absolute Gasteiger partial charge is 0.261 e. The lowest BCUT2D eigenvalue weighted by molar-refractivity contribution is -0.0807. The summed E-state index contributed by atoms with van der Waals surface area (Å²) in [7, 11) is -7.55. The average Bonchev–Trinajstić information content (AvgIpc) is 2.79. The molecular weight excluding hydrogens is 520 g/mol. The van der Waals surface area contributed by atoms with Crippen molar-refractivity contribution in [3.8, 4) is 0 Å². The molecule has 3 aliphatic carbocycles. The Labute approximate surface area is 224 Å². The molecule has 3 fully saturated rings. The molecule has 3 aromatic carbocycles. The molecule has 2 N–H and O–H groups in total. The van der Waals surface area contributed by atoms with Gasteiger partial charge in [-0.1, -0.05) is 57.2 Å². The van der Waals surface area contributed by atoms with Crippen LogP contribution in [-0.4, -0.2) is 34.5 Å². The number of carbonyl (C=O) groups excluding carboxylic acids is 1. The number of nitrogens with one attached hydrogen (secondary N) is 2. The Hall–Kier alpha value is -3.17. The van der Waals surface area contributed by atoms with Crippen molar-refractivity contribution < 1.29 is 21.6 Å². The summed E-state index contributed by atoms with van der Waals surface area (Å²) in [5.41, 5.74) is 2.16. The highest BCUT2D eigenvalue weighted by Crippen LogP contribution is 2.67. The number of anilines is 1. The minimum atomic E-state index is -4.09. The maximum Gasteiger partial charge on any atom is 0.261 e. The van der Waals surface area contributed by atoms with Gasteiger partial charge in [0.1, 0.15) is 0 Å². The number of rotatable bonds is 7. The summed E-state index contributed by atoms with van der Waals surface area (Å²) in [6.45, 7) is 6.03. The summed E-state index contributed by atoms with van der Waals surface area (Å²) in [5.74, 6) is -0.322. The third-order valence-electron chi connectivity index (χ3n) is 7.73. The quantitative estimate of drug-likeness (QED) is 0.438. The van der Waals surface area contributed by atoms with Gasteiger partial charge in [-0.2, -0.15) is 0 Å². The van der Waals surface area contributed by atoms with Gasteiger partial charge < -0.3 is 5.32 Å². The second-order valence-corrected chi connectivity index (χ2v) is 15.5. The second-order valence-electron chi connectivity index (χ2n) is 11.8. The predicted octanol–water partition coefficient (Wildman–Crippen LogP) is 4.79. The third-order valence-corrected chi connectivity index (χ3v) is 10.2. The van der Waals surface area contributed by atoms with Gasteiger partial charge >= 0.3 is 0 Å². The third kappa shape index (κ3) is 4.73. The first-order valence-corrected chi connectivity index (χ1v) is 15.9. The van der Waals surface area contributed by atoms with Gasteiger partial charge in [0.15, 0.2) is 9.84 Å². The van der Waals surface area contributed by atoms with E-state index in [1.165, 1.54) is 29.8 Å². The molecule has 0 aromatic heterocycles. The van der Waals surface area contributed by atoms with Crippen LogP contribution in [0.3, 0.4) is 0 Å². The van der Waals surface area contributed by atoms with E-state index in [-0.39, 0.29) is 43.3 Å². The summed E-state index contributed by atoms with van der Waals surface area (Å²) < 4.78 is 52.7. The van der Waals surface area contributed by atoms with Crippen LogP contribution in [0.1, 0.15) is 61.5 Å². The number of sulfonamides is 1. The molecule has 38 heavy (non-hydrogen) atoms. The summed E-state index contributed by atoms with van der Waals surface area (Å²) >= 11 is 0. The maximum atomic E-state index is 13.5. The van der Waals surface area contributed by atoms with E-state index in [2.05, 4.69) is 22.2 Å². The molecule has 9 heteroatoms. The van der Waals surface area contributed by atoms with Crippen LogP contribution in [-0.2, 0) is 30.7 Å². The highest BCUT2D eigenvalue weighted by Gasteiger charge is 2.68. The first-order chi connectivity index (χ1) is 17.6. The van der Waals surface area contributed by atoms with Gasteiger partial charge in [-0.25, -0.2) is 16.8 Å². The first kappa shape index (κ1) is 26.4. The van der Waals surface area contributed by atoms with Crippen molar-refractivity contribution in [2.45, 2.75) is 66.2 Å². The van der Waals surface area contributed by atoms with Crippen LogP contribution in [0.15, 0.2) is 82.6 Å². The largest absolute Gasteiger partial charge is 0.346 e. The molecule has 0 aliphatic heterocycles. The SMILES string of the molecule is CC(C)(C)c1ccc(C(=O)NC23CC(c4ccccc4)(C2)C3)c(NS(=O)(=O)c2ccc(S(C)(=O)=O)cc2)c1. The van der Waals surface area contributed by atoms with E-state index in [4.69, 9.17) is 0 Å². The summed E-state index contributed by atoms with van der Waals surface area (Å²) in [4.78, 5) is 13.4. The van der Waals surface area contributed by atoms with E-state index in [1.54, 1.807) is 12.1 Å². The van der Waals surface area contributed by atoms with Crippen LogP contribution in [0.4, 0.5) is 5.69 Å². The lowest BCUT2D eigenvalue weighted by Gasteiger charge is -2.71. The van der Waals surface area contributed by atoms with Gasteiger partial charge in [0.25, 0.3) is 15.9 Å². The van der Waals surface area contributed by atoms with Crippen LogP contribution in [0.5, 0.6) is 0 Å². The van der Waals surface area contributed by atoms with Crippen molar-refractivity contribution in [3.63, 3.8) is 0 Å². The Morgan fingerprint density at radius 1 is 0.816 bits per heavy atom. The maximum absolute atomic E-state index is 13.5. The van der Waals surface area contributed by atoms with E-state index < -0.39 is 19.9 Å². The molecule has 0 spiro atoms. The van der Waals surface area contributed by atoms with Crippen molar-refractivity contribution in [1.82, 2.24) is 5.32 Å². The number of amides is 1. The van der Waals surface area contributed by atoms with Crippen molar-refractivity contribution >= 4 is 31.5 Å². The first-order valence-electron chi connectivity index (χ1n) is 12.5. The second kappa shape index (κ2) is 8.68. The van der Waals surface area contributed by atoms with Crippen molar-refractivity contribution in [2.75, 3.05) is 11.0 Å². The van der Waals surface area contributed by atoms with Gasteiger partial charge in [0, 0.05) is 17.2 Å². The van der Waals surface area contributed by atoms with Gasteiger partial charge in [-0.3, -0.25) is 9.52 Å². The molecule has 1 amide bonds. The Kier molecular flexibility index (Phi) is 6.04. The predicted molar refractivity (Wildman–Crippen MR) is 148 cm³/mol. The van der Waals surface area contributed by atoms with Gasteiger partial charge in [-0.05, 0) is 72.2 Å². The Morgan fingerprint density at radius 3 is 1.95 bits per heavy atom. The average molecular weight is 553 g/mol. The highest BCUT2D eigenvalue weighted by atomic mass is 32.2. The summed E-state index contributed by atoms with van der Waals surface area (Å²) in [6.07, 6.45) is 3.65. The zero-order valence-corrected chi connectivity index (χ0v) is 23.5. The topological polar surface area (TPSA) is 109 Å². The fraction of sp³-hybridized carbons (Fsp3) is 0.345. The van der Waals surface area contributed by atoms with E-state index in [1.807, 2.05) is 45.0 Å². The van der Waals surface area contributed by atoms with Gasteiger partial charge in [0.2, 0.25) is 0 Å². The number of carbonyl (C=O) groups is 1. The van der Waals surface area contributed by atoms with Crippen LogP contribution in [0.2, 0.25) is 0 Å². The lowest BCUT2D eigenvalue weighted by Crippen LogP contribution is -2.76. The van der Waals surface area contributed by atoms with E-state index >= 15 is 0 Å². The van der Waals surface area contributed by atoms with Crippen LogP contribution in [0.25, 0.3) is 0 Å². The molecular formula is C29H32N2O5S2. The van der Waals surface area contributed by atoms with E-state index in [0.717, 1.165) is 31.1 Å². The molecule has 0 saturated heterocycles. The Balaban J connectivity index is 1.40. The van der Waals surface area contributed by atoms with Crippen molar-refractivity contribution in [2.24, 2.45) is 0 Å². The van der Waals surface area contributed by atoms with Crippen molar-refractivity contribution in [3.05, 3.63) is 89.5 Å². The van der Waals surface area contributed by atoms with Crippen molar-refractivity contribution in [1.29, 1.82) is 0 Å². The Bertz CT molecular complexity index is 1600. The normalized spacial score (nSPS) is 22.6. The molecule has 6 rings (SSSR count). The minimum absolute atomic E-state index is 0.0260. The molecule has 7 nitrogen and oxygen atoms in total. The molecule has 0 heterocycles. The zero-order valence-electron chi connectivity index (χ0n) is 21.9. The molecule has 200 valence electrons. The van der Waals surface area contributed by atoms with E-state index in [9.17, 15) is 21.6 Å². The lowest BCUT2D eigenvalue weighted by atomic mass is 9.37. The number of hydrogen-bond donors (Lipinski definition) is 2. The van der Waals surface area contributed by atoms with Crippen LogP contribution < -0.4 is 10.0 Å². The minimum Gasteiger partial charge on any atom is -0.346 e. The summed E-state index contributed by atoms with van der Waals surface area (Å²) in [5, 5.41) is 3.18. The fourth-order valence-electron chi connectivity index (χ4n) is 5.69. The molecule has 3 saturated carbocycles. The molecule has 2 bridgehead atoms. The fourth-order valence-corrected chi connectivity index (χ4v) is 7.39. The molecule has 0 radical (unpaired) electrons. The zero-order chi connectivity index (χ0) is 27.6. The van der Waals surface area contributed by atoms with Crippen LogP contribution >= 0.6 is 0 Å². The highest BCUT2D eigenvalue weighted by molar-refractivity contribution is 7.92. The van der Waals surface area contributed by atoms with Gasteiger partial charge in [0.05, 0.1) is 21.0 Å². The molecule has 3 aliphatic rings. The number of benzene rings is 3. The molecule has 0 atom stereocenters. The number of hydrogen-bond acceptors (Lipinski definition) is 5. The number of sulfone groups is 1. The Morgan fingerprint density at radius 2 is 1.39 bits per heavy atom. The van der Waals surface area contributed by atoms with Crippen LogP contribution in [0, 0.1) is 0 Å². The molecule has 0 unspecified atom stereocenters. The van der Waals surface area contributed by atoms with Gasteiger partial charge in [-0.15, -0.1) is 0 Å².